The number of rotatable bonds is 5. The first-order valence-electron chi connectivity index (χ1n) is 7.55. The summed E-state index contributed by atoms with van der Waals surface area (Å²) in [7, 11) is -3.06. The van der Waals surface area contributed by atoms with Crippen LogP contribution in [0.15, 0.2) is 24.3 Å². The Morgan fingerprint density at radius 3 is 2.54 bits per heavy atom. The largest absolute Gasteiger partial charge is 0.350 e. The summed E-state index contributed by atoms with van der Waals surface area (Å²) in [5.41, 5.74) is 0.889. The number of sulfone groups is 1. The molecule has 132 valence electrons. The van der Waals surface area contributed by atoms with Gasteiger partial charge in [0.05, 0.1) is 11.5 Å². The van der Waals surface area contributed by atoms with E-state index in [1.165, 1.54) is 0 Å². The van der Waals surface area contributed by atoms with E-state index < -0.39 is 28.0 Å². The Balaban J connectivity index is 1.74. The number of amides is 3. The molecular formula is C15H20ClN3O4S. The van der Waals surface area contributed by atoms with Gasteiger partial charge < -0.3 is 16.0 Å². The van der Waals surface area contributed by atoms with Gasteiger partial charge in [0, 0.05) is 17.6 Å². The molecule has 0 spiro atoms. The summed E-state index contributed by atoms with van der Waals surface area (Å²) in [6.07, 6.45) is 0.396. The number of carbonyl (C=O) groups is 2. The van der Waals surface area contributed by atoms with Crippen LogP contribution in [0.5, 0.6) is 0 Å². The Morgan fingerprint density at radius 1 is 1.29 bits per heavy atom. The van der Waals surface area contributed by atoms with E-state index in [1.807, 2.05) is 0 Å². The molecule has 1 heterocycles. The number of halogens is 1. The van der Waals surface area contributed by atoms with Gasteiger partial charge in [-0.2, -0.15) is 0 Å². The normalized spacial score (nSPS) is 20.2. The molecule has 3 N–H and O–H groups in total. The van der Waals surface area contributed by atoms with E-state index >= 15 is 0 Å². The molecule has 9 heteroatoms. The lowest BCUT2D eigenvalue weighted by molar-refractivity contribution is -0.122. The van der Waals surface area contributed by atoms with E-state index in [9.17, 15) is 18.0 Å². The first kappa shape index (κ1) is 18.5. The van der Waals surface area contributed by atoms with Gasteiger partial charge in [-0.1, -0.05) is 23.7 Å². The van der Waals surface area contributed by atoms with Crippen LogP contribution in [0.4, 0.5) is 4.79 Å². The van der Waals surface area contributed by atoms with Crippen molar-refractivity contribution in [1.29, 1.82) is 0 Å². The van der Waals surface area contributed by atoms with Crippen molar-refractivity contribution in [3.63, 3.8) is 0 Å². The van der Waals surface area contributed by atoms with Crippen molar-refractivity contribution in [1.82, 2.24) is 16.0 Å². The van der Waals surface area contributed by atoms with E-state index in [1.54, 1.807) is 31.2 Å². The standard InChI is InChI=1S/C15H20ClN3O4S/c1-10(14(20)17-8-11-2-4-12(16)5-3-11)18-15(21)19-13-6-7-24(22,23)9-13/h2-5,10,13H,6-9H2,1H3,(H,17,20)(H2,18,19,21)/t10-,13?/m0/s1. The van der Waals surface area contributed by atoms with E-state index in [-0.39, 0.29) is 17.4 Å². The van der Waals surface area contributed by atoms with E-state index in [0.717, 1.165) is 5.56 Å². The van der Waals surface area contributed by atoms with Gasteiger partial charge in [0.1, 0.15) is 6.04 Å². The van der Waals surface area contributed by atoms with Crippen LogP contribution in [0.2, 0.25) is 5.02 Å². The van der Waals surface area contributed by atoms with Crippen molar-refractivity contribution in [3.05, 3.63) is 34.9 Å². The molecule has 0 radical (unpaired) electrons. The zero-order valence-corrected chi connectivity index (χ0v) is 14.8. The highest BCUT2D eigenvalue weighted by Gasteiger charge is 2.29. The maximum absolute atomic E-state index is 12.0. The van der Waals surface area contributed by atoms with Gasteiger partial charge in [-0.05, 0) is 31.0 Å². The monoisotopic (exact) mass is 373 g/mol. The number of urea groups is 1. The Hall–Kier alpha value is -1.80. The van der Waals surface area contributed by atoms with E-state index in [4.69, 9.17) is 11.6 Å². The molecule has 1 saturated heterocycles. The van der Waals surface area contributed by atoms with Crippen LogP contribution in [0.25, 0.3) is 0 Å². The molecular weight excluding hydrogens is 354 g/mol. The molecule has 0 aromatic heterocycles. The molecule has 1 unspecified atom stereocenters. The van der Waals surface area contributed by atoms with Crippen LogP contribution in [0.1, 0.15) is 18.9 Å². The fourth-order valence-electron chi connectivity index (χ4n) is 2.34. The van der Waals surface area contributed by atoms with Crippen LogP contribution >= 0.6 is 11.6 Å². The average molecular weight is 374 g/mol. The fourth-order valence-corrected chi connectivity index (χ4v) is 4.14. The Labute approximate surface area is 146 Å². The van der Waals surface area contributed by atoms with Crippen molar-refractivity contribution in [2.24, 2.45) is 0 Å². The SMILES string of the molecule is C[C@H](NC(=O)NC1CCS(=O)(=O)C1)C(=O)NCc1ccc(Cl)cc1. The Morgan fingerprint density at radius 2 is 1.96 bits per heavy atom. The summed E-state index contributed by atoms with van der Waals surface area (Å²) in [4.78, 5) is 23.8. The second-order valence-electron chi connectivity index (χ2n) is 5.78. The lowest BCUT2D eigenvalue weighted by atomic mass is 10.2. The molecule has 1 aliphatic rings. The van der Waals surface area contributed by atoms with Gasteiger partial charge in [0.25, 0.3) is 0 Å². The van der Waals surface area contributed by atoms with Crippen molar-refractivity contribution < 1.29 is 18.0 Å². The topological polar surface area (TPSA) is 104 Å². The molecule has 0 bridgehead atoms. The molecule has 7 nitrogen and oxygen atoms in total. The number of nitrogens with one attached hydrogen (secondary N) is 3. The number of hydrogen-bond acceptors (Lipinski definition) is 4. The third-order valence-electron chi connectivity index (χ3n) is 3.69. The van der Waals surface area contributed by atoms with Crippen molar-refractivity contribution >= 4 is 33.4 Å². The maximum Gasteiger partial charge on any atom is 0.315 e. The van der Waals surface area contributed by atoms with Crippen LogP contribution < -0.4 is 16.0 Å². The second-order valence-corrected chi connectivity index (χ2v) is 8.45. The van der Waals surface area contributed by atoms with E-state index in [0.29, 0.717) is 18.0 Å². The fraction of sp³-hybridized carbons (Fsp3) is 0.467. The third kappa shape index (κ3) is 5.68. The third-order valence-corrected chi connectivity index (χ3v) is 5.71. The van der Waals surface area contributed by atoms with Gasteiger partial charge in [0.2, 0.25) is 5.91 Å². The van der Waals surface area contributed by atoms with Crippen molar-refractivity contribution in [2.45, 2.75) is 32.0 Å². The second kappa shape index (κ2) is 7.85. The highest BCUT2D eigenvalue weighted by atomic mass is 35.5. The predicted octanol–water partition coefficient (Wildman–Crippen LogP) is 0.831. The summed E-state index contributed by atoms with van der Waals surface area (Å²) in [5, 5.41) is 8.40. The number of hydrogen-bond donors (Lipinski definition) is 3. The molecule has 3 amide bonds. The smallest absolute Gasteiger partial charge is 0.315 e. The highest BCUT2D eigenvalue weighted by molar-refractivity contribution is 7.91. The van der Waals surface area contributed by atoms with Gasteiger partial charge in [-0.15, -0.1) is 0 Å². The van der Waals surface area contributed by atoms with E-state index in [2.05, 4.69) is 16.0 Å². The Kier molecular flexibility index (Phi) is 6.06. The lowest BCUT2D eigenvalue weighted by Gasteiger charge is -2.17. The number of carbonyl (C=O) groups excluding carboxylic acids is 2. The minimum absolute atomic E-state index is 0.0580. The van der Waals surface area contributed by atoms with Gasteiger partial charge in [-0.25, -0.2) is 13.2 Å². The van der Waals surface area contributed by atoms with Gasteiger partial charge in [-0.3, -0.25) is 4.79 Å². The lowest BCUT2D eigenvalue weighted by Crippen LogP contribution is -2.50. The summed E-state index contributed by atoms with van der Waals surface area (Å²) < 4.78 is 22.7. The predicted molar refractivity (Wildman–Crippen MR) is 91.5 cm³/mol. The van der Waals surface area contributed by atoms with Gasteiger partial charge >= 0.3 is 6.03 Å². The quantitative estimate of drug-likeness (QED) is 0.711. The molecule has 1 aliphatic heterocycles. The van der Waals surface area contributed by atoms with Crippen LogP contribution in [-0.2, 0) is 21.2 Å². The van der Waals surface area contributed by atoms with Crippen molar-refractivity contribution in [2.75, 3.05) is 11.5 Å². The summed E-state index contributed by atoms with van der Waals surface area (Å²) in [6, 6.07) is 5.37. The van der Waals surface area contributed by atoms with Crippen LogP contribution in [0.3, 0.4) is 0 Å². The molecule has 0 aliphatic carbocycles. The molecule has 2 rings (SSSR count). The minimum atomic E-state index is -3.06. The zero-order valence-electron chi connectivity index (χ0n) is 13.2. The summed E-state index contributed by atoms with van der Waals surface area (Å²) >= 11 is 5.79. The zero-order chi connectivity index (χ0) is 17.7. The summed E-state index contributed by atoms with van der Waals surface area (Å²) in [5.74, 6) is -0.314. The molecule has 1 fully saturated rings. The first-order valence-corrected chi connectivity index (χ1v) is 9.75. The van der Waals surface area contributed by atoms with Crippen LogP contribution in [-0.4, -0.2) is 43.9 Å². The highest BCUT2D eigenvalue weighted by Crippen LogP contribution is 2.11. The Bertz CT molecular complexity index is 706. The maximum atomic E-state index is 12.0. The van der Waals surface area contributed by atoms with Crippen molar-refractivity contribution in [3.8, 4) is 0 Å². The molecule has 24 heavy (non-hydrogen) atoms. The minimum Gasteiger partial charge on any atom is -0.350 e. The number of benzene rings is 1. The molecule has 2 atom stereocenters. The van der Waals surface area contributed by atoms with Crippen LogP contribution in [0, 0.1) is 0 Å². The molecule has 1 aromatic carbocycles. The van der Waals surface area contributed by atoms with Gasteiger partial charge in [0.15, 0.2) is 9.84 Å². The summed E-state index contributed by atoms with van der Waals surface area (Å²) in [6.45, 7) is 1.88. The molecule has 1 aromatic rings. The molecule has 0 saturated carbocycles. The first-order chi connectivity index (χ1) is 11.2. The average Bonchev–Trinajstić information content (AvgIpc) is 2.84.